The third-order valence-electron chi connectivity index (χ3n) is 7.59. The minimum absolute atomic E-state index is 0.0894. The summed E-state index contributed by atoms with van der Waals surface area (Å²) < 4.78 is 20.0. The van der Waals surface area contributed by atoms with Crippen molar-refractivity contribution in [1.82, 2.24) is 15.8 Å². The van der Waals surface area contributed by atoms with Crippen molar-refractivity contribution in [2.24, 2.45) is 0 Å². The Balaban J connectivity index is 0.00000167. The number of nitrogens with one attached hydrogen (secondary N) is 2. The molecule has 1 aliphatic heterocycles. The summed E-state index contributed by atoms with van der Waals surface area (Å²) in [5.41, 5.74) is 3.69. The number of pyridine rings is 1. The highest BCUT2D eigenvalue weighted by Gasteiger charge is 2.26. The molecular formula is C34H31FN6O6S. The first-order chi connectivity index (χ1) is 23.3. The van der Waals surface area contributed by atoms with Crippen LogP contribution in [0.4, 0.5) is 10.2 Å². The van der Waals surface area contributed by atoms with Gasteiger partial charge in [0.15, 0.2) is 11.5 Å². The second kappa shape index (κ2) is 16.7. The quantitative estimate of drug-likeness (QED) is 0.0693. The van der Waals surface area contributed by atoms with Gasteiger partial charge in [0.25, 0.3) is 12.4 Å². The molecule has 0 atom stereocenters. The first-order valence-corrected chi connectivity index (χ1v) is 15.4. The Bertz CT molecular complexity index is 1890. The van der Waals surface area contributed by atoms with Gasteiger partial charge in [0.05, 0.1) is 12.7 Å². The number of rotatable bonds is 9. The van der Waals surface area contributed by atoms with E-state index in [1.54, 1.807) is 47.3 Å². The molecule has 1 saturated heterocycles. The summed E-state index contributed by atoms with van der Waals surface area (Å²) in [6.07, 6.45) is 6.13. The van der Waals surface area contributed by atoms with Gasteiger partial charge in [-0.2, -0.15) is 10.5 Å². The number of ether oxygens (including phenoxy) is 1. The van der Waals surface area contributed by atoms with Crippen molar-refractivity contribution < 1.29 is 34.1 Å². The van der Waals surface area contributed by atoms with E-state index in [0.29, 0.717) is 47.7 Å². The van der Waals surface area contributed by atoms with Crippen LogP contribution in [0.5, 0.6) is 11.5 Å². The zero-order chi connectivity index (χ0) is 34.6. The number of aromatic nitrogens is 1. The number of anilines is 1. The van der Waals surface area contributed by atoms with Gasteiger partial charge in [0.1, 0.15) is 29.3 Å². The highest BCUT2D eigenvalue weighted by Crippen LogP contribution is 2.41. The number of thiophene rings is 1. The molecule has 1 aliphatic rings. The molecule has 1 amide bonds. The van der Waals surface area contributed by atoms with Crippen molar-refractivity contribution in [2.45, 2.75) is 25.4 Å². The monoisotopic (exact) mass is 670 g/mol. The Labute approximate surface area is 279 Å². The molecule has 0 unspecified atom stereocenters. The van der Waals surface area contributed by atoms with Crippen LogP contribution in [0.25, 0.3) is 28.3 Å². The molecule has 0 saturated carbocycles. The van der Waals surface area contributed by atoms with Gasteiger partial charge in [-0.05, 0) is 66.4 Å². The molecule has 14 heteroatoms. The van der Waals surface area contributed by atoms with Crippen molar-refractivity contribution in [3.63, 3.8) is 0 Å². The van der Waals surface area contributed by atoms with Crippen molar-refractivity contribution in [3.8, 4) is 45.9 Å². The third kappa shape index (κ3) is 8.31. The van der Waals surface area contributed by atoms with Gasteiger partial charge >= 0.3 is 0 Å². The summed E-state index contributed by atoms with van der Waals surface area (Å²) >= 11 is 1.55. The topological polar surface area (TPSA) is 192 Å². The number of amides is 1. The first-order valence-electron chi connectivity index (χ1n) is 14.5. The number of phenols is 1. The van der Waals surface area contributed by atoms with Crippen LogP contribution in [-0.4, -0.2) is 59.0 Å². The predicted molar refractivity (Wildman–Crippen MR) is 177 cm³/mol. The van der Waals surface area contributed by atoms with E-state index in [1.165, 1.54) is 31.4 Å². The van der Waals surface area contributed by atoms with Crippen molar-refractivity contribution >= 4 is 35.6 Å². The SMILES string of the molecule is COc1ccc(-c2cnc(N3CCC(NCc4ccc(/C=C/C(=O)NO)s4)CC3)c(C#N)c2-c2ccc(C#N)c(F)c2)cc1O.O=CO. The molecule has 5 N–H and O–H groups in total. The van der Waals surface area contributed by atoms with E-state index >= 15 is 0 Å². The van der Waals surface area contributed by atoms with Crippen LogP contribution in [0.3, 0.4) is 0 Å². The molecular weight excluding hydrogens is 639 g/mol. The highest BCUT2D eigenvalue weighted by atomic mass is 32.1. The van der Waals surface area contributed by atoms with Gasteiger partial charge in [0, 0.05) is 58.8 Å². The van der Waals surface area contributed by atoms with Crippen LogP contribution < -0.4 is 20.4 Å². The molecule has 4 aromatic rings. The number of piperidine rings is 1. The number of methoxy groups -OCH3 is 1. The molecule has 0 bridgehead atoms. The van der Waals surface area contributed by atoms with Crippen molar-refractivity contribution in [3.05, 3.63) is 87.5 Å². The number of benzene rings is 2. The van der Waals surface area contributed by atoms with E-state index in [2.05, 4.69) is 16.3 Å². The average Bonchev–Trinajstić information content (AvgIpc) is 3.57. The molecule has 3 heterocycles. The number of carboxylic acid groups (broad SMARTS) is 1. The lowest BCUT2D eigenvalue weighted by Crippen LogP contribution is -2.42. The summed E-state index contributed by atoms with van der Waals surface area (Å²) in [5.74, 6) is -0.603. The van der Waals surface area contributed by atoms with Gasteiger partial charge in [-0.3, -0.25) is 14.8 Å². The molecule has 0 spiro atoms. The van der Waals surface area contributed by atoms with Gasteiger partial charge in [0.2, 0.25) is 0 Å². The maximum absolute atomic E-state index is 14.8. The molecule has 1 fully saturated rings. The zero-order valence-electron chi connectivity index (χ0n) is 25.7. The summed E-state index contributed by atoms with van der Waals surface area (Å²) in [4.78, 5) is 28.3. The lowest BCUT2D eigenvalue weighted by Gasteiger charge is -2.34. The average molecular weight is 671 g/mol. The van der Waals surface area contributed by atoms with E-state index in [4.69, 9.17) is 24.8 Å². The largest absolute Gasteiger partial charge is 0.504 e. The summed E-state index contributed by atoms with van der Waals surface area (Å²) in [5, 5.41) is 49.2. The molecule has 2 aromatic heterocycles. The van der Waals surface area contributed by atoms with Crippen LogP contribution in [0.2, 0.25) is 0 Å². The summed E-state index contributed by atoms with van der Waals surface area (Å²) in [6, 6.07) is 17.4. The Morgan fingerprint density at radius 2 is 1.88 bits per heavy atom. The third-order valence-corrected chi connectivity index (χ3v) is 8.64. The summed E-state index contributed by atoms with van der Waals surface area (Å²) in [7, 11) is 1.45. The summed E-state index contributed by atoms with van der Waals surface area (Å²) in [6.45, 7) is 1.69. The molecule has 246 valence electrons. The van der Waals surface area contributed by atoms with Gasteiger partial charge in [-0.15, -0.1) is 11.3 Å². The number of carbonyl (C=O) groups excluding carboxylic acids is 1. The van der Waals surface area contributed by atoms with Gasteiger partial charge in [-0.25, -0.2) is 14.9 Å². The Morgan fingerprint density at radius 1 is 1.15 bits per heavy atom. The number of hydroxylamine groups is 1. The number of carbonyl (C=O) groups is 2. The fourth-order valence-electron chi connectivity index (χ4n) is 5.30. The number of hydrogen-bond acceptors (Lipinski definition) is 11. The predicted octanol–water partition coefficient (Wildman–Crippen LogP) is 5.05. The Morgan fingerprint density at radius 3 is 2.50 bits per heavy atom. The molecule has 48 heavy (non-hydrogen) atoms. The number of nitrogens with zero attached hydrogens (tertiary/aromatic N) is 4. The first kappa shape index (κ1) is 35.1. The van der Waals surface area contributed by atoms with Gasteiger partial charge < -0.3 is 25.2 Å². The highest BCUT2D eigenvalue weighted by molar-refractivity contribution is 7.12. The van der Waals surface area contributed by atoms with Crippen LogP contribution in [-0.2, 0) is 16.1 Å². The normalized spacial score (nSPS) is 12.8. The van der Waals surface area contributed by atoms with E-state index in [1.807, 2.05) is 18.2 Å². The van der Waals surface area contributed by atoms with E-state index in [9.17, 15) is 24.8 Å². The Hall–Kier alpha value is -5.80. The van der Waals surface area contributed by atoms with Gasteiger partial charge in [-0.1, -0.05) is 12.1 Å². The maximum atomic E-state index is 14.8. The lowest BCUT2D eigenvalue weighted by atomic mass is 9.91. The molecule has 0 aliphatic carbocycles. The van der Waals surface area contributed by atoms with Crippen LogP contribution in [0.1, 0.15) is 33.7 Å². The smallest absolute Gasteiger partial charge is 0.290 e. The van der Waals surface area contributed by atoms with E-state index < -0.39 is 11.7 Å². The zero-order valence-corrected chi connectivity index (χ0v) is 26.5. The van der Waals surface area contributed by atoms with Crippen LogP contribution >= 0.6 is 11.3 Å². The van der Waals surface area contributed by atoms with Crippen molar-refractivity contribution in [1.29, 1.82) is 10.5 Å². The van der Waals surface area contributed by atoms with Crippen molar-refractivity contribution in [2.75, 3.05) is 25.1 Å². The fraction of sp³-hybridized carbons (Fsp3) is 0.206. The number of phenolic OH excluding ortho intramolecular Hbond substituents is 1. The number of aromatic hydroxyl groups is 1. The molecule has 0 radical (unpaired) electrons. The van der Waals surface area contributed by atoms with E-state index in [-0.39, 0.29) is 35.1 Å². The van der Waals surface area contributed by atoms with Crippen LogP contribution in [0.15, 0.2) is 60.8 Å². The Kier molecular flexibility index (Phi) is 12.2. The molecule has 12 nitrogen and oxygen atoms in total. The minimum atomic E-state index is -0.697. The lowest BCUT2D eigenvalue weighted by molar-refractivity contribution is -0.124. The minimum Gasteiger partial charge on any atom is -0.504 e. The number of halogens is 1. The fourth-order valence-corrected chi connectivity index (χ4v) is 6.17. The molecule has 5 rings (SSSR count). The second-order valence-corrected chi connectivity index (χ2v) is 11.6. The maximum Gasteiger partial charge on any atom is 0.290 e. The standard InChI is InChI=1S/C33H29FN6O4S.CH2O2/c1-44-30-8-4-20(15-29(30)41)27-19-38-33(26(17-36)32(27)21-2-3-22(16-35)28(34)14-21)40-12-10-23(11-13-40)37-18-25-6-5-24(45-25)7-9-31(42)39-43;2-1-3/h2-9,14-15,19,23,37,41,43H,10-13,18H2,1H3,(H,39,42);1H,(H,2,3)/b9-7+;. The molecule has 2 aromatic carbocycles. The number of hydrogen-bond donors (Lipinski definition) is 5. The van der Waals surface area contributed by atoms with Crippen LogP contribution in [0, 0.1) is 28.5 Å². The van der Waals surface area contributed by atoms with E-state index in [0.717, 1.165) is 22.6 Å². The second-order valence-electron chi connectivity index (χ2n) is 10.4. The number of nitriles is 2.